The molecule has 0 aromatic carbocycles. The van der Waals surface area contributed by atoms with E-state index in [1.54, 1.807) is 13.4 Å². The fraction of sp³-hybridized carbons (Fsp3) is 0.538. The molecule has 0 N–H and O–H groups in total. The van der Waals surface area contributed by atoms with E-state index in [-0.39, 0.29) is 11.8 Å². The van der Waals surface area contributed by atoms with Gasteiger partial charge >= 0.3 is 112 Å². The van der Waals surface area contributed by atoms with Gasteiger partial charge in [-0.3, -0.25) is 0 Å². The van der Waals surface area contributed by atoms with Gasteiger partial charge in [0.25, 0.3) is 0 Å². The number of furan rings is 1. The summed E-state index contributed by atoms with van der Waals surface area (Å²) in [6.45, 7) is 2.01. The molecule has 0 radical (unpaired) electrons. The normalized spacial score (nSPS) is 29.3. The fourth-order valence-corrected chi connectivity index (χ4v) is 3.39. The molecule has 1 aliphatic carbocycles. The van der Waals surface area contributed by atoms with Crippen molar-refractivity contribution in [2.45, 2.75) is 25.7 Å². The number of rotatable bonds is 3. The molecule has 17 heavy (non-hydrogen) atoms. The summed E-state index contributed by atoms with van der Waals surface area (Å²) in [5.41, 5.74) is 0. The number of ether oxygens (including phenoxy) is 1. The quantitative estimate of drug-likeness (QED) is 0.777. The second kappa shape index (κ2) is 5.41. The van der Waals surface area contributed by atoms with Gasteiger partial charge in [0.05, 0.1) is 0 Å². The van der Waals surface area contributed by atoms with Crippen molar-refractivity contribution in [2.24, 2.45) is 11.8 Å². The Bertz CT molecular complexity index is 410. The van der Waals surface area contributed by atoms with Gasteiger partial charge in [-0.05, 0) is 0 Å². The third kappa shape index (κ3) is 2.66. The molecule has 1 saturated carbocycles. The Morgan fingerprint density at radius 3 is 2.94 bits per heavy atom. The molecule has 1 aliphatic rings. The Labute approximate surface area is 112 Å². The molecule has 1 fully saturated rings. The molecule has 3 atom stereocenters. The Balaban J connectivity index is 2.26. The van der Waals surface area contributed by atoms with E-state index < -0.39 is 0 Å². The average Bonchev–Trinajstić information content (AvgIpc) is 2.84. The van der Waals surface area contributed by atoms with Gasteiger partial charge in [-0.2, -0.15) is 0 Å². The zero-order valence-electron chi connectivity index (χ0n) is 10.0. The molecule has 0 unspecified atom stereocenters. The van der Waals surface area contributed by atoms with Gasteiger partial charge in [0, 0.05) is 0 Å². The maximum absolute atomic E-state index is 11.9. The second-order valence-corrected chi connectivity index (χ2v) is 6.00. The van der Waals surface area contributed by atoms with Gasteiger partial charge in [0.2, 0.25) is 0 Å². The van der Waals surface area contributed by atoms with Gasteiger partial charge < -0.3 is 0 Å². The molecule has 0 saturated heterocycles. The topological polar surface area (TPSA) is 39.4 Å². The molecule has 0 amide bonds. The molecule has 0 aliphatic heterocycles. The molecule has 0 bridgehead atoms. The number of Topliss-reactive ketones (excluding diaryl/α,β-unsaturated/α-hetero) is 1. The van der Waals surface area contributed by atoms with Crippen LogP contribution < -0.4 is 0 Å². The number of ketones is 1. The molecular formula is C13H16O3W. The monoisotopic (exact) mass is 404 g/mol. The standard InChI is InChI=1S/C13H16O3.W/c1-9-6-10(8-15-2)11(7-12(9)14)13-4-3-5-16-13;/h3-5,9-11H,6-7H2,1-2H3;/t9-,10-,11+;/m0./s1. The van der Waals surface area contributed by atoms with Crippen LogP contribution in [0.1, 0.15) is 31.4 Å². The van der Waals surface area contributed by atoms with Gasteiger partial charge in [0.1, 0.15) is 0 Å². The molecule has 1 heterocycles. The first-order valence-corrected chi connectivity index (χ1v) is 7.24. The van der Waals surface area contributed by atoms with Crippen LogP contribution in [0.25, 0.3) is 0 Å². The van der Waals surface area contributed by atoms with Crippen LogP contribution in [0.2, 0.25) is 0 Å². The third-order valence-corrected chi connectivity index (χ3v) is 5.16. The van der Waals surface area contributed by atoms with Crippen LogP contribution in [0.5, 0.6) is 0 Å². The van der Waals surface area contributed by atoms with E-state index in [2.05, 4.69) is 0 Å². The Morgan fingerprint density at radius 2 is 2.35 bits per heavy atom. The van der Waals surface area contributed by atoms with Crippen molar-refractivity contribution in [3.05, 3.63) is 24.2 Å². The van der Waals surface area contributed by atoms with Crippen molar-refractivity contribution in [2.75, 3.05) is 7.11 Å². The van der Waals surface area contributed by atoms with Crippen molar-refractivity contribution >= 4 is 9.87 Å². The van der Waals surface area contributed by atoms with E-state index in [1.807, 2.05) is 19.1 Å². The van der Waals surface area contributed by atoms with E-state index in [1.165, 1.54) is 19.4 Å². The van der Waals surface area contributed by atoms with E-state index in [4.69, 9.17) is 9.15 Å². The van der Waals surface area contributed by atoms with Crippen molar-refractivity contribution in [3.63, 3.8) is 0 Å². The van der Waals surface area contributed by atoms with Crippen molar-refractivity contribution in [3.8, 4) is 0 Å². The minimum absolute atomic E-state index is 0.135. The second-order valence-electron chi connectivity index (χ2n) is 4.56. The summed E-state index contributed by atoms with van der Waals surface area (Å²) in [7, 11) is 1.71. The molecule has 3 nitrogen and oxygen atoms in total. The Morgan fingerprint density at radius 1 is 1.59 bits per heavy atom. The molecule has 4 heteroatoms. The minimum atomic E-state index is 0.135. The van der Waals surface area contributed by atoms with Crippen LogP contribution >= 0.6 is 0 Å². The fourth-order valence-electron chi connectivity index (χ4n) is 2.45. The summed E-state index contributed by atoms with van der Waals surface area (Å²) in [5, 5.41) is 0. The summed E-state index contributed by atoms with van der Waals surface area (Å²) in [4.78, 5) is 11.9. The first-order valence-electron chi connectivity index (χ1n) is 5.77. The Kier molecular flexibility index (Phi) is 4.11. The zero-order valence-corrected chi connectivity index (χ0v) is 12.9. The van der Waals surface area contributed by atoms with Crippen molar-refractivity contribution < 1.29 is 33.3 Å². The van der Waals surface area contributed by atoms with Crippen LogP contribution in [0.3, 0.4) is 0 Å². The van der Waals surface area contributed by atoms with E-state index in [9.17, 15) is 4.79 Å². The SMILES string of the molecule is CO[C](=[W])[C@@H]1C[C@H](C)C(=O)C[C@H]1c1ccco1. The van der Waals surface area contributed by atoms with Crippen LogP contribution in [-0.4, -0.2) is 17.0 Å². The summed E-state index contributed by atoms with van der Waals surface area (Å²) in [6, 6.07) is 3.84. The molecule has 2 rings (SSSR count). The summed E-state index contributed by atoms with van der Waals surface area (Å²) >= 11 is 1.34. The zero-order chi connectivity index (χ0) is 12.4. The summed E-state index contributed by atoms with van der Waals surface area (Å²) < 4.78 is 11.9. The van der Waals surface area contributed by atoms with Gasteiger partial charge in [0.15, 0.2) is 0 Å². The summed E-state index contributed by atoms with van der Waals surface area (Å²) in [6.07, 6.45) is 3.11. The molecule has 92 valence electrons. The molecule has 0 spiro atoms. The number of hydrogen-bond acceptors (Lipinski definition) is 3. The van der Waals surface area contributed by atoms with E-state index in [0.717, 1.165) is 16.3 Å². The van der Waals surface area contributed by atoms with Gasteiger partial charge in [-0.15, -0.1) is 0 Å². The van der Waals surface area contributed by atoms with Crippen LogP contribution in [0.4, 0.5) is 0 Å². The number of carbonyl (C=O) groups is 1. The predicted molar refractivity (Wildman–Crippen MR) is 60.4 cm³/mol. The molecule has 1 aromatic rings. The average molecular weight is 404 g/mol. The van der Waals surface area contributed by atoms with Crippen LogP contribution in [0.15, 0.2) is 22.8 Å². The van der Waals surface area contributed by atoms with Crippen molar-refractivity contribution in [1.82, 2.24) is 0 Å². The van der Waals surface area contributed by atoms with E-state index in [0.29, 0.717) is 18.1 Å². The predicted octanol–water partition coefficient (Wildman–Crippen LogP) is 2.30. The van der Waals surface area contributed by atoms with Crippen LogP contribution in [0, 0.1) is 11.8 Å². The van der Waals surface area contributed by atoms with Gasteiger partial charge in [-0.1, -0.05) is 0 Å². The Hall–Kier alpha value is -0.532. The number of carbonyl (C=O) groups excluding carboxylic acids is 1. The third-order valence-electron chi connectivity index (χ3n) is 3.48. The first kappa shape index (κ1) is 12.9. The number of methoxy groups -OCH3 is 1. The van der Waals surface area contributed by atoms with Gasteiger partial charge in [-0.25, -0.2) is 0 Å². The molecule has 1 aromatic heterocycles. The van der Waals surface area contributed by atoms with Crippen LogP contribution in [-0.2, 0) is 28.9 Å². The van der Waals surface area contributed by atoms with E-state index >= 15 is 0 Å². The maximum atomic E-state index is 11.9. The van der Waals surface area contributed by atoms with Crippen molar-refractivity contribution in [1.29, 1.82) is 0 Å². The molecular weight excluding hydrogens is 388 g/mol. The summed E-state index contributed by atoms with van der Waals surface area (Å²) in [5.74, 6) is 1.85. The first-order chi connectivity index (χ1) is 8.13. The number of hydrogen-bond donors (Lipinski definition) is 0.